The van der Waals surface area contributed by atoms with Crippen LogP contribution in [0.3, 0.4) is 0 Å². The van der Waals surface area contributed by atoms with E-state index in [0.29, 0.717) is 28.0 Å². The number of phenols is 4. The van der Waals surface area contributed by atoms with Gasteiger partial charge in [-0.1, -0.05) is 233 Å². The molecule has 0 saturated heterocycles. The number of para-hydroxylation sites is 1. The molecule has 5 rings (SSSR count). The Bertz CT molecular complexity index is 2400. The molecular formula is C65H92O5. The van der Waals surface area contributed by atoms with E-state index < -0.39 is 33.5 Å². The highest BCUT2D eigenvalue weighted by molar-refractivity contribution is 5.68. The minimum absolute atomic E-state index is 0.170. The van der Waals surface area contributed by atoms with Crippen molar-refractivity contribution < 1.29 is 25.2 Å². The fourth-order valence-corrected chi connectivity index (χ4v) is 9.80. The van der Waals surface area contributed by atoms with E-state index in [0.717, 1.165) is 55.6 Å². The molecule has 5 aromatic carbocycles. The minimum atomic E-state index is -0.748. The summed E-state index contributed by atoms with van der Waals surface area (Å²) < 4.78 is 6.84. The number of hydrogen-bond acceptors (Lipinski definition) is 5. The van der Waals surface area contributed by atoms with Gasteiger partial charge in [0.1, 0.15) is 28.7 Å². The van der Waals surface area contributed by atoms with Gasteiger partial charge in [-0.15, -0.1) is 0 Å². The summed E-state index contributed by atoms with van der Waals surface area (Å²) >= 11 is 0. The zero-order valence-electron chi connectivity index (χ0n) is 48.2. The average molecular weight is 953 g/mol. The number of benzene rings is 5. The zero-order valence-corrected chi connectivity index (χ0v) is 48.2. The quantitative estimate of drug-likeness (QED) is 0.122. The molecule has 0 radical (unpaired) electrons. The van der Waals surface area contributed by atoms with Gasteiger partial charge in [0.05, 0.1) is 7.11 Å². The molecule has 0 aliphatic heterocycles. The van der Waals surface area contributed by atoms with Crippen LogP contribution in [0.15, 0.2) is 66.7 Å². The summed E-state index contributed by atoms with van der Waals surface area (Å²) in [5, 5.41) is 51.9. The van der Waals surface area contributed by atoms with Crippen molar-refractivity contribution in [3.63, 3.8) is 0 Å². The molecule has 0 aliphatic carbocycles. The topological polar surface area (TPSA) is 90.2 Å². The van der Waals surface area contributed by atoms with Crippen LogP contribution in [-0.2, 0) is 43.3 Å². The zero-order chi connectivity index (χ0) is 53.6. The van der Waals surface area contributed by atoms with E-state index in [2.05, 4.69) is 227 Å². The molecule has 0 atom stereocenters. The van der Waals surface area contributed by atoms with Crippen molar-refractivity contribution in [2.45, 2.75) is 221 Å². The second kappa shape index (κ2) is 18.3. The van der Waals surface area contributed by atoms with Crippen molar-refractivity contribution in [1.29, 1.82) is 0 Å². The average Bonchev–Trinajstić information content (AvgIpc) is 3.16. The normalized spacial score (nSPS) is 13.7. The van der Waals surface area contributed by atoms with Gasteiger partial charge in [-0.3, -0.25) is 0 Å². The lowest BCUT2D eigenvalue weighted by atomic mass is 9.70. The predicted molar refractivity (Wildman–Crippen MR) is 297 cm³/mol. The lowest BCUT2D eigenvalue weighted by Crippen LogP contribution is -2.22. The Morgan fingerprint density at radius 2 is 0.500 bits per heavy atom. The van der Waals surface area contributed by atoms with Gasteiger partial charge >= 0.3 is 0 Å². The van der Waals surface area contributed by atoms with Gasteiger partial charge in [-0.05, 0) is 87.8 Å². The first-order valence-corrected chi connectivity index (χ1v) is 25.6. The van der Waals surface area contributed by atoms with Crippen molar-refractivity contribution in [1.82, 2.24) is 0 Å². The summed E-state index contributed by atoms with van der Waals surface area (Å²) in [7, 11) is 1.69. The molecule has 0 spiro atoms. The summed E-state index contributed by atoms with van der Waals surface area (Å²) in [5.74, 6) is -0.288. The van der Waals surface area contributed by atoms with Gasteiger partial charge in [0, 0.05) is 45.2 Å². The molecule has 4 N–H and O–H groups in total. The Hall–Kier alpha value is -4.90. The summed E-state index contributed by atoms with van der Waals surface area (Å²) in [6.45, 7) is 51.9. The number of methoxy groups -OCH3 is 1. The van der Waals surface area contributed by atoms with Gasteiger partial charge in [-0.25, -0.2) is 0 Å². The molecule has 0 saturated carbocycles. The Morgan fingerprint density at radius 3 is 0.657 bits per heavy atom. The number of ether oxygens (including phenoxy) is 1. The first-order valence-electron chi connectivity index (χ1n) is 25.6. The minimum Gasteiger partial charge on any atom is -0.507 e. The Kier molecular flexibility index (Phi) is 14.6. The number of hydrogen-bond donors (Lipinski definition) is 4. The molecule has 0 aromatic heterocycles. The van der Waals surface area contributed by atoms with Crippen LogP contribution < -0.4 is 4.74 Å². The van der Waals surface area contributed by atoms with E-state index in [-0.39, 0.29) is 44.7 Å². The molecule has 0 amide bonds. The standard InChI is InChI=1S/C65H92O5/c1-58(2,3)37-29-43(53(66)47(33-37)62(13,14)15)51(44-30-38(59(4,5)6)34-48(54(44)67)63(16,17)18)41-27-26-28-42(57(41)70-25)52(45-31-39(60(7,8)9)35-49(55(45)68)64(19,20)21)46-32-40(61(10,11)12)36-50(56(46)69)65(22,23)24/h26-36,51-52,66-69H,1-25H3. The summed E-state index contributed by atoms with van der Waals surface area (Å²) in [5.41, 5.74) is 8.66. The Labute approximate surface area is 425 Å². The summed E-state index contributed by atoms with van der Waals surface area (Å²) in [6.07, 6.45) is 0. The van der Waals surface area contributed by atoms with E-state index in [4.69, 9.17) is 4.74 Å². The third-order valence-electron chi connectivity index (χ3n) is 14.4. The maximum atomic E-state index is 13.0. The molecule has 0 aliphatic rings. The third kappa shape index (κ3) is 11.2. The van der Waals surface area contributed by atoms with Gasteiger partial charge in [0.15, 0.2) is 0 Å². The number of phenolic OH excluding ortho intramolecular Hbond substituents is 4. The number of aromatic hydroxyl groups is 4. The fraction of sp³-hybridized carbons (Fsp3) is 0.538. The van der Waals surface area contributed by atoms with Crippen LogP contribution in [0.5, 0.6) is 28.7 Å². The van der Waals surface area contributed by atoms with Gasteiger partial charge in [0.25, 0.3) is 0 Å². The molecule has 5 heteroatoms. The van der Waals surface area contributed by atoms with Crippen LogP contribution in [0, 0.1) is 0 Å². The largest absolute Gasteiger partial charge is 0.507 e. The van der Waals surface area contributed by atoms with Crippen LogP contribution in [0.1, 0.15) is 256 Å². The van der Waals surface area contributed by atoms with Crippen LogP contribution in [0.25, 0.3) is 0 Å². The lowest BCUT2D eigenvalue weighted by Gasteiger charge is -2.35. The first kappa shape index (κ1) is 56.0. The van der Waals surface area contributed by atoms with E-state index in [1.54, 1.807) is 7.11 Å². The highest BCUT2D eigenvalue weighted by Gasteiger charge is 2.39. The molecule has 0 unspecified atom stereocenters. The molecule has 5 aromatic rings. The van der Waals surface area contributed by atoms with Crippen molar-refractivity contribution in [2.24, 2.45) is 0 Å². The molecule has 0 fully saturated rings. The monoisotopic (exact) mass is 953 g/mol. The van der Waals surface area contributed by atoms with Crippen LogP contribution in [-0.4, -0.2) is 27.5 Å². The Morgan fingerprint density at radius 1 is 0.300 bits per heavy atom. The molecule has 5 nitrogen and oxygen atoms in total. The molecule has 70 heavy (non-hydrogen) atoms. The molecule has 0 heterocycles. The third-order valence-corrected chi connectivity index (χ3v) is 14.4. The maximum absolute atomic E-state index is 13.0. The van der Waals surface area contributed by atoms with Crippen LogP contribution in [0.4, 0.5) is 0 Å². The predicted octanol–water partition coefficient (Wildman–Crippen LogP) is 17.3. The van der Waals surface area contributed by atoms with Crippen molar-refractivity contribution in [3.05, 3.63) is 145 Å². The van der Waals surface area contributed by atoms with Gasteiger partial charge < -0.3 is 25.2 Å². The van der Waals surface area contributed by atoms with Crippen LogP contribution in [0.2, 0.25) is 0 Å². The first-order chi connectivity index (χ1) is 31.4. The lowest BCUT2D eigenvalue weighted by molar-refractivity contribution is 0.397. The van der Waals surface area contributed by atoms with E-state index in [1.165, 1.54) is 0 Å². The number of rotatable bonds is 7. The van der Waals surface area contributed by atoms with Crippen molar-refractivity contribution >= 4 is 0 Å². The second-order valence-corrected chi connectivity index (χ2v) is 28.7. The van der Waals surface area contributed by atoms with E-state index in [1.807, 2.05) is 6.07 Å². The van der Waals surface area contributed by atoms with Crippen molar-refractivity contribution in [3.8, 4) is 28.7 Å². The molecular weight excluding hydrogens is 861 g/mol. The maximum Gasteiger partial charge on any atom is 0.127 e. The SMILES string of the molecule is COc1c(C(c2cc(C(C)(C)C)cc(C(C)(C)C)c2O)c2cc(C(C)(C)C)cc(C(C)(C)C)c2O)cccc1C(c1cc(C(C)(C)C)cc(C(C)(C)C)c1O)c1cc(C(C)(C)C)cc(C(C)(C)C)c1O. The molecule has 382 valence electrons. The summed E-state index contributed by atoms with van der Waals surface area (Å²) in [6, 6.07) is 23.2. The Balaban J connectivity index is 2.18. The van der Waals surface area contributed by atoms with Crippen LogP contribution >= 0.6 is 0 Å². The molecule has 0 bridgehead atoms. The van der Waals surface area contributed by atoms with Gasteiger partial charge in [-0.2, -0.15) is 0 Å². The second-order valence-electron chi connectivity index (χ2n) is 28.7. The smallest absolute Gasteiger partial charge is 0.127 e. The van der Waals surface area contributed by atoms with Crippen molar-refractivity contribution in [2.75, 3.05) is 7.11 Å². The van der Waals surface area contributed by atoms with Gasteiger partial charge in [0.2, 0.25) is 0 Å². The fourth-order valence-electron chi connectivity index (χ4n) is 9.80. The highest BCUT2D eigenvalue weighted by atomic mass is 16.5. The van der Waals surface area contributed by atoms with E-state index >= 15 is 0 Å². The highest BCUT2D eigenvalue weighted by Crippen LogP contribution is 2.55. The van der Waals surface area contributed by atoms with E-state index in [9.17, 15) is 20.4 Å². The summed E-state index contributed by atoms with van der Waals surface area (Å²) in [4.78, 5) is 0.